The van der Waals surface area contributed by atoms with Gasteiger partial charge in [0.2, 0.25) is 0 Å². The number of hydrogen-bond acceptors (Lipinski definition) is 2. The minimum Gasteiger partial charge on any atom is -0.306 e. The van der Waals surface area contributed by atoms with Crippen LogP contribution < -0.4 is 5.32 Å². The van der Waals surface area contributed by atoms with Gasteiger partial charge in [-0.2, -0.15) is 0 Å². The lowest BCUT2D eigenvalue weighted by molar-refractivity contribution is 0.434. The average molecular weight is 429 g/mol. The first-order valence-electron chi connectivity index (χ1n) is 5.77. The lowest BCUT2D eigenvalue weighted by Crippen LogP contribution is -2.22. The summed E-state index contributed by atoms with van der Waals surface area (Å²) < 4.78 is 42.1. The van der Waals surface area contributed by atoms with Gasteiger partial charge in [0.05, 0.1) is 9.83 Å². The fourth-order valence-electron chi connectivity index (χ4n) is 1.84. The van der Waals surface area contributed by atoms with Gasteiger partial charge in [0.1, 0.15) is 0 Å². The van der Waals surface area contributed by atoms with Crippen LogP contribution in [0, 0.1) is 17.5 Å². The van der Waals surface area contributed by atoms with Crippen molar-refractivity contribution in [1.29, 1.82) is 0 Å². The molecule has 0 saturated carbocycles. The van der Waals surface area contributed by atoms with Gasteiger partial charge in [0.25, 0.3) is 0 Å². The molecule has 0 fully saturated rings. The van der Waals surface area contributed by atoms with E-state index in [9.17, 15) is 13.2 Å². The molecule has 0 aliphatic rings. The maximum atomic E-state index is 14.0. The molecular weight excluding hydrogens is 419 g/mol. The topological polar surface area (TPSA) is 12.0 Å². The second-order valence-electron chi connectivity index (χ2n) is 4.03. The molecule has 1 unspecified atom stereocenters. The number of benzene rings is 1. The first kappa shape index (κ1) is 16.0. The predicted molar refractivity (Wildman–Crippen MR) is 81.6 cm³/mol. The normalized spacial score (nSPS) is 12.7. The van der Waals surface area contributed by atoms with Crippen molar-refractivity contribution in [2.75, 3.05) is 6.54 Å². The number of hydrogen-bond donors (Lipinski definition) is 1. The zero-order valence-electron chi connectivity index (χ0n) is 10.3. The Morgan fingerprint density at radius 1 is 1.20 bits per heavy atom. The van der Waals surface area contributed by atoms with Crippen molar-refractivity contribution in [1.82, 2.24) is 5.32 Å². The summed E-state index contributed by atoms with van der Waals surface area (Å²) in [6.07, 6.45) is 0. The number of nitrogens with one attached hydrogen (secondary N) is 1. The van der Waals surface area contributed by atoms with Crippen LogP contribution in [0.1, 0.15) is 23.4 Å². The number of rotatable bonds is 4. The quantitative estimate of drug-likeness (QED) is 0.643. The third-order valence-electron chi connectivity index (χ3n) is 2.73. The van der Waals surface area contributed by atoms with Crippen LogP contribution in [0.4, 0.5) is 13.2 Å². The highest BCUT2D eigenvalue weighted by Gasteiger charge is 2.23. The summed E-state index contributed by atoms with van der Waals surface area (Å²) in [5.74, 6) is -3.79. The molecule has 2 rings (SSSR count). The summed E-state index contributed by atoms with van der Waals surface area (Å²) in [5, 5.41) is 3.08. The van der Waals surface area contributed by atoms with Crippen LogP contribution in [0.15, 0.2) is 26.5 Å². The molecule has 1 heterocycles. The molecule has 0 radical (unpaired) electrons. The lowest BCUT2D eigenvalue weighted by Gasteiger charge is -2.18. The average Bonchev–Trinajstić information content (AvgIpc) is 2.74. The van der Waals surface area contributed by atoms with Crippen molar-refractivity contribution in [3.05, 3.63) is 54.4 Å². The third-order valence-corrected chi connectivity index (χ3v) is 6.05. The third kappa shape index (κ3) is 3.10. The summed E-state index contributed by atoms with van der Waals surface area (Å²) in [5.41, 5.74) is 0.0898. The molecule has 0 aliphatic heterocycles. The van der Waals surface area contributed by atoms with Crippen LogP contribution >= 0.6 is 43.2 Å². The van der Waals surface area contributed by atoms with E-state index in [1.54, 1.807) is 0 Å². The molecule has 0 saturated heterocycles. The van der Waals surface area contributed by atoms with Gasteiger partial charge < -0.3 is 5.32 Å². The Bertz CT molecular complexity index is 611. The van der Waals surface area contributed by atoms with Gasteiger partial charge >= 0.3 is 0 Å². The van der Waals surface area contributed by atoms with E-state index in [4.69, 9.17) is 0 Å². The van der Waals surface area contributed by atoms with Crippen LogP contribution in [0.3, 0.4) is 0 Å². The molecule has 1 N–H and O–H groups in total. The van der Waals surface area contributed by atoms with Gasteiger partial charge in [-0.3, -0.25) is 0 Å². The molecule has 0 bridgehead atoms. The second-order valence-corrected chi connectivity index (χ2v) is 7.28. The smallest absolute Gasteiger partial charge is 0.194 e. The first-order chi connectivity index (χ1) is 9.45. The summed E-state index contributed by atoms with van der Waals surface area (Å²) in [7, 11) is 0. The highest BCUT2D eigenvalue weighted by Crippen LogP contribution is 2.38. The SMILES string of the molecule is CCNC(c1cc(Br)c(Br)s1)c1ccc(F)c(F)c1F. The second kappa shape index (κ2) is 6.60. The minimum absolute atomic E-state index is 0.0898. The largest absolute Gasteiger partial charge is 0.306 e. The predicted octanol–water partition coefficient (Wildman–Crippen LogP) is 5.39. The number of thiophene rings is 1. The zero-order chi connectivity index (χ0) is 14.9. The Morgan fingerprint density at radius 3 is 2.45 bits per heavy atom. The van der Waals surface area contributed by atoms with Gasteiger partial charge in [-0.1, -0.05) is 13.0 Å². The van der Waals surface area contributed by atoms with Crippen LogP contribution in [0.25, 0.3) is 0 Å². The molecule has 108 valence electrons. The van der Waals surface area contributed by atoms with Crippen molar-refractivity contribution >= 4 is 43.2 Å². The molecule has 1 aromatic carbocycles. The zero-order valence-corrected chi connectivity index (χ0v) is 14.3. The molecule has 0 spiro atoms. The van der Waals surface area contributed by atoms with E-state index in [1.807, 2.05) is 13.0 Å². The molecule has 20 heavy (non-hydrogen) atoms. The highest BCUT2D eigenvalue weighted by molar-refractivity contribution is 9.13. The molecule has 1 aromatic heterocycles. The van der Waals surface area contributed by atoms with Gasteiger partial charge in [0.15, 0.2) is 17.5 Å². The van der Waals surface area contributed by atoms with Crippen molar-refractivity contribution < 1.29 is 13.2 Å². The van der Waals surface area contributed by atoms with Crippen molar-refractivity contribution in [3.63, 3.8) is 0 Å². The summed E-state index contributed by atoms with van der Waals surface area (Å²) >= 11 is 8.13. The molecule has 1 nitrogen and oxygen atoms in total. The van der Waals surface area contributed by atoms with E-state index in [2.05, 4.69) is 37.2 Å². The summed E-state index contributed by atoms with van der Waals surface area (Å²) in [4.78, 5) is 0.801. The minimum atomic E-state index is -1.44. The number of halogens is 5. The lowest BCUT2D eigenvalue weighted by atomic mass is 10.0. The van der Waals surface area contributed by atoms with Crippen LogP contribution in [0.5, 0.6) is 0 Å². The van der Waals surface area contributed by atoms with E-state index in [1.165, 1.54) is 17.4 Å². The Morgan fingerprint density at radius 2 is 1.90 bits per heavy atom. The summed E-state index contributed by atoms with van der Waals surface area (Å²) in [6.45, 7) is 2.43. The summed E-state index contributed by atoms with van der Waals surface area (Å²) in [6, 6.07) is 3.50. The molecule has 2 aromatic rings. The fraction of sp³-hybridized carbons (Fsp3) is 0.231. The van der Waals surface area contributed by atoms with Gasteiger partial charge in [-0.25, -0.2) is 13.2 Å². The van der Waals surface area contributed by atoms with Crippen LogP contribution in [-0.4, -0.2) is 6.54 Å². The Balaban J connectivity index is 2.51. The van der Waals surface area contributed by atoms with Crippen LogP contribution in [-0.2, 0) is 0 Å². The maximum absolute atomic E-state index is 14.0. The monoisotopic (exact) mass is 427 g/mol. The maximum Gasteiger partial charge on any atom is 0.194 e. The molecule has 1 atom stereocenters. The van der Waals surface area contributed by atoms with E-state index in [-0.39, 0.29) is 5.56 Å². The van der Waals surface area contributed by atoms with E-state index in [0.717, 1.165) is 19.2 Å². The van der Waals surface area contributed by atoms with Crippen molar-refractivity contribution in [2.24, 2.45) is 0 Å². The van der Waals surface area contributed by atoms with Gasteiger partial charge in [-0.15, -0.1) is 11.3 Å². The van der Waals surface area contributed by atoms with E-state index >= 15 is 0 Å². The molecule has 7 heteroatoms. The Kier molecular flexibility index (Phi) is 5.28. The Hall–Kier alpha value is -0.370. The molecule has 0 aliphatic carbocycles. The standard InChI is InChI=1S/C13H10Br2F3NS/c1-2-19-12(9-5-7(14)13(15)20-9)6-3-4-8(16)11(18)10(6)17/h3-5,12,19H,2H2,1H3. The van der Waals surface area contributed by atoms with Crippen molar-refractivity contribution in [3.8, 4) is 0 Å². The van der Waals surface area contributed by atoms with Crippen LogP contribution in [0.2, 0.25) is 0 Å². The van der Waals surface area contributed by atoms with Gasteiger partial charge in [0, 0.05) is 14.9 Å². The van der Waals surface area contributed by atoms with E-state index in [0.29, 0.717) is 6.54 Å². The van der Waals surface area contributed by atoms with E-state index < -0.39 is 23.5 Å². The molecule has 0 amide bonds. The Labute approximate surface area is 135 Å². The first-order valence-corrected chi connectivity index (χ1v) is 8.17. The van der Waals surface area contributed by atoms with Crippen molar-refractivity contribution in [2.45, 2.75) is 13.0 Å². The fourth-order valence-corrected chi connectivity index (χ4v) is 4.02. The highest BCUT2D eigenvalue weighted by atomic mass is 79.9. The molecular formula is C13H10Br2F3NS. The van der Waals surface area contributed by atoms with Gasteiger partial charge in [-0.05, 0) is 50.5 Å².